The predicted octanol–water partition coefficient (Wildman–Crippen LogP) is 2.66. The van der Waals surface area contributed by atoms with E-state index >= 15 is 0 Å². The highest BCUT2D eigenvalue weighted by molar-refractivity contribution is 5.32. The van der Waals surface area contributed by atoms with E-state index in [1.54, 1.807) is 0 Å². The molecule has 0 spiro atoms. The Balaban J connectivity index is 2.21. The molecule has 0 saturated carbocycles. The number of aryl methyl sites for hydroxylation is 1. The van der Waals surface area contributed by atoms with Crippen molar-refractivity contribution >= 4 is 0 Å². The summed E-state index contributed by atoms with van der Waals surface area (Å²) in [5, 5.41) is 0. The topological polar surface area (TPSA) is 32.5 Å². The Labute approximate surface area is 130 Å². The Hall–Kier alpha value is -0.900. The average Bonchev–Trinajstić information content (AvgIpc) is 2.60. The zero-order valence-corrected chi connectivity index (χ0v) is 14.0. The number of hydrogen-bond acceptors (Lipinski definition) is 3. The lowest BCUT2D eigenvalue weighted by molar-refractivity contribution is 0.105. The molecule has 2 rings (SSSR count). The summed E-state index contributed by atoms with van der Waals surface area (Å²) in [7, 11) is 4.29. The van der Waals surface area contributed by atoms with Gasteiger partial charge in [0.25, 0.3) is 0 Å². The van der Waals surface area contributed by atoms with Crippen LogP contribution in [0.1, 0.15) is 43.9 Å². The third-order valence-corrected chi connectivity index (χ3v) is 4.76. The molecule has 0 fully saturated rings. The van der Waals surface area contributed by atoms with Gasteiger partial charge in [-0.05, 0) is 58.0 Å². The van der Waals surface area contributed by atoms with Gasteiger partial charge in [0.15, 0.2) is 0 Å². The molecule has 2 N–H and O–H groups in total. The number of rotatable bonds is 5. The lowest BCUT2D eigenvalue weighted by atomic mass is 9.95. The van der Waals surface area contributed by atoms with Gasteiger partial charge in [0.2, 0.25) is 0 Å². The summed E-state index contributed by atoms with van der Waals surface area (Å²) in [5.74, 6) is 0. The van der Waals surface area contributed by atoms with Gasteiger partial charge >= 0.3 is 0 Å². The van der Waals surface area contributed by atoms with Crippen LogP contribution < -0.4 is 5.73 Å². The first kappa shape index (κ1) is 16.5. The largest absolute Gasteiger partial charge is 0.323 e. The zero-order valence-electron chi connectivity index (χ0n) is 14.0. The van der Waals surface area contributed by atoms with E-state index in [0.29, 0.717) is 12.1 Å². The Morgan fingerprint density at radius 2 is 2.00 bits per heavy atom. The second-order valence-electron chi connectivity index (χ2n) is 6.63. The summed E-state index contributed by atoms with van der Waals surface area (Å²) in [5.41, 5.74) is 9.49. The third kappa shape index (κ3) is 3.85. The van der Waals surface area contributed by atoms with Crippen molar-refractivity contribution in [2.75, 3.05) is 27.2 Å². The molecule has 3 nitrogen and oxygen atoms in total. The number of hydrogen-bond donors (Lipinski definition) is 1. The molecule has 1 aromatic rings. The Kier molecular flexibility index (Phi) is 5.80. The molecule has 118 valence electrons. The SMILES string of the molecule is CCN(C(C)CN(C)C)C1CCCc2ccccc2C1N. The number of fused-ring (bicyclic) bond motifs is 1. The van der Waals surface area contributed by atoms with Crippen LogP contribution in [0.4, 0.5) is 0 Å². The lowest BCUT2D eigenvalue weighted by Crippen LogP contribution is -2.50. The van der Waals surface area contributed by atoms with Crippen LogP contribution in [0.15, 0.2) is 24.3 Å². The van der Waals surface area contributed by atoms with Crippen LogP contribution >= 0.6 is 0 Å². The minimum Gasteiger partial charge on any atom is -0.323 e. The second kappa shape index (κ2) is 7.39. The lowest BCUT2D eigenvalue weighted by Gasteiger charge is -2.39. The zero-order chi connectivity index (χ0) is 15.4. The van der Waals surface area contributed by atoms with Gasteiger partial charge < -0.3 is 10.6 Å². The van der Waals surface area contributed by atoms with Crippen molar-refractivity contribution in [2.45, 2.75) is 51.2 Å². The molecule has 0 radical (unpaired) electrons. The first-order valence-corrected chi connectivity index (χ1v) is 8.28. The molecule has 0 aromatic heterocycles. The van der Waals surface area contributed by atoms with E-state index < -0.39 is 0 Å². The maximum Gasteiger partial charge on any atom is 0.0455 e. The van der Waals surface area contributed by atoms with E-state index in [1.807, 2.05) is 0 Å². The maximum atomic E-state index is 6.68. The van der Waals surface area contributed by atoms with Gasteiger partial charge in [-0.2, -0.15) is 0 Å². The number of nitrogens with zero attached hydrogens (tertiary/aromatic N) is 2. The van der Waals surface area contributed by atoms with Gasteiger partial charge in [-0.1, -0.05) is 31.2 Å². The molecule has 0 aliphatic heterocycles. The van der Waals surface area contributed by atoms with Gasteiger partial charge in [0.1, 0.15) is 0 Å². The normalized spacial score (nSPS) is 24.0. The Morgan fingerprint density at radius 3 is 2.67 bits per heavy atom. The van der Waals surface area contributed by atoms with Crippen LogP contribution in [0.3, 0.4) is 0 Å². The monoisotopic (exact) mass is 289 g/mol. The molecule has 1 aliphatic rings. The molecule has 3 heteroatoms. The van der Waals surface area contributed by atoms with Crippen LogP contribution in [0.25, 0.3) is 0 Å². The standard InChI is InChI=1S/C18H31N3/c1-5-21(14(2)13-20(3)4)17-12-8-10-15-9-6-7-11-16(15)18(17)19/h6-7,9,11,14,17-18H,5,8,10,12-13,19H2,1-4H3. The fraction of sp³-hybridized carbons (Fsp3) is 0.667. The first-order valence-electron chi connectivity index (χ1n) is 8.28. The van der Waals surface area contributed by atoms with Crippen molar-refractivity contribution in [2.24, 2.45) is 5.73 Å². The number of nitrogens with two attached hydrogens (primary N) is 1. The molecule has 1 aliphatic carbocycles. The highest BCUT2D eigenvalue weighted by Crippen LogP contribution is 2.31. The van der Waals surface area contributed by atoms with E-state index in [0.717, 1.165) is 13.1 Å². The van der Waals surface area contributed by atoms with Crippen molar-refractivity contribution in [1.29, 1.82) is 0 Å². The van der Waals surface area contributed by atoms with Gasteiger partial charge in [-0.15, -0.1) is 0 Å². The highest BCUT2D eigenvalue weighted by Gasteiger charge is 2.31. The Morgan fingerprint density at radius 1 is 1.29 bits per heavy atom. The Bertz CT molecular complexity index is 444. The van der Waals surface area contributed by atoms with Crippen molar-refractivity contribution in [3.63, 3.8) is 0 Å². The van der Waals surface area contributed by atoms with Crippen molar-refractivity contribution in [1.82, 2.24) is 9.80 Å². The van der Waals surface area contributed by atoms with Crippen molar-refractivity contribution < 1.29 is 0 Å². The molecule has 0 saturated heterocycles. The van der Waals surface area contributed by atoms with Crippen LogP contribution in [0.5, 0.6) is 0 Å². The van der Waals surface area contributed by atoms with Gasteiger partial charge in [0, 0.05) is 24.7 Å². The molecule has 21 heavy (non-hydrogen) atoms. The summed E-state index contributed by atoms with van der Waals surface area (Å²) in [6.07, 6.45) is 3.60. The van der Waals surface area contributed by atoms with E-state index in [4.69, 9.17) is 5.73 Å². The van der Waals surface area contributed by atoms with Crippen LogP contribution in [0, 0.1) is 0 Å². The molecule has 0 heterocycles. The van der Waals surface area contributed by atoms with E-state index in [9.17, 15) is 0 Å². The van der Waals surface area contributed by atoms with Gasteiger partial charge in [-0.3, -0.25) is 4.90 Å². The summed E-state index contributed by atoms with van der Waals surface area (Å²) < 4.78 is 0. The number of benzene rings is 1. The molecule has 3 unspecified atom stereocenters. The predicted molar refractivity (Wildman–Crippen MR) is 90.5 cm³/mol. The van der Waals surface area contributed by atoms with Crippen molar-refractivity contribution in [3.8, 4) is 0 Å². The molecular weight excluding hydrogens is 258 g/mol. The minimum atomic E-state index is 0.133. The van der Waals surface area contributed by atoms with Crippen LogP contribution in [-0.4, -0.2) is 49.1 Å². The first-order chi connectivity index (χ1) is 10.0. The molecular formula is C18H31N3. The smallest absolute Gasteiger partial charge is 0.0455 e. The van der Waals surface area contributed by atoms with Crippen LogP contribution in [-0.2, 0) is 6.42 Å². The second-order valence-corrected chi connectivity index (χ2v) is 6.63. The molecule has 1 aromatic carbocycles. The summed E-state index contributed by atoms with van der Waals surface area (Å²) in [4.78, 5) is 4.87. The molecule has 0 bridgehead atoms. The molecule has 0 amide bonds. The summed E-state index contributed by atoms with van der Waals surface area (Å²) in [6.45, 7) is 6.73. The van der Waals surface area contributed by atoms with E-state index in [2.05, 4.69) is 62.0 Å². The quantitative estimate of drug-likeness (QED) is 0.846. The summed E-state index contributed by atoms with van der Waals surface area (Å²) in [6, 6.07) is 9.85. The maximum absolute atomic E-state index is 6.68. The fourth-order valence-corrected chi connectivity index (χ4v) is 3.85. The third-order valence-electron chi connectivity index (χ3n) is 4.76. The van der Waals surface area contributed by atoms with Gasteiger partial charge in [-0.25, -0.2) is 0 Å². The van der Waals surface area contributed by atoms with E-state index in [-0.39, 0.29) is 6.04 Å². The average molecular weight is 289 g/mol. The van der Waals surface area contributed by atoms with Gasteiger partial charge in [0.05, 0.1) is 0 Å². The number of likely N-dealkylation sites (N-methyl/N-ethyl adjacent to an activating group) is 2. The summed E-state index contributed by atoms with van der Waals surface area (Å²) >= 11 is 0. The fourth-order valence-electron chi connectivity index (χ4n) is 3.85. The van der Waals surface area contributed by atoms with Crippen molar-refractivity contribution in [3.05, 3.63) is 35.4 Å². The van der Waals surface area contributed by atoms with E-state index in [1.165, 1.54) is 30.4 Å². The van der Waals surface area contributed by atoms with Crippen LogP contribution in [0.2, 0.25) is 0 Å². The molecule has 3 atom stereocenters. The minimum absolute atomic E-state index is 0.133. The highest BCUT2D eigenvalue weighted by atomic mass is 15.2.